The largest absolute Gasteiger partial charge is 0.183 e. The molecule has 0 fully saturated rings. The molecule has 0 N–H and O–H groups in total. The maximum atomic E-state index is 8.06. The summed E-state index contributed by atoms with van der Waals surface area (Å²) in [4.78, 5) is 0. The van der Waals surface area contributed by atoms with Crippen LogP contribution in [-0.2, 0) is 0 Å². The summed E-state index contributed by atoms with van der Waals surface area (Å²) in [5.74, 6) is 4.89. The number of hydrogen-bond donors (Lipinski definition) is 0. The lowest BCUT2D eigenvalue weighted by Crippen LogP contribution is -2.04. The van der Waals surface area contributed by atoms with Crippen LogP contribution in [-0.4, -0.2) is 4.75 Å². The fourth-order valence-corrected chi connectivity index (χ4v) is 0.890. The maximum Gasteiger partial charge on any atom is 0.152 e. The van der Waals surface area contributed by atoms with Gasteiger partial charge in [-0.25, -0.2) is 0 Å². The topological polar surface area (TPSA) is 23.8 Å². The minimum absolute atomic E-state index is 0.227. The van der Waals surface area contributed by atoms with Gasteiger partial charge in [0, 0.05) is 10.7 Å². The third-order valence-corrected chi connectivity index (χ3v) is 1.68. The summed E-state index contributed by atoms with van der Waals surface area (Å²) in [5.41, 5.74) is 0. The number of nitrogens with zero attached hydrogens (tertiary/aromatic N) is 1. The van der Waals surface area contributed by atoms with Crippen LogP contribution in [0.15, 0.2) is 11.5 Å². The Kier molecular flexibility index (Phi) is 4.50. The predicted octanol–water partition coefficient (Wildman–Crippen LogP) is 2.56. The van der Waals surface area contributed by atoms with E-state index >= 15 is 0 Å². The fourth-order valence-electron chi connectivity index (χ4n) is 0.346. The van der Waals surface area contributed by atoms with E-state index < -0.39 is 0 Å². The molecular formula is C9H11NS. The number of nitriles is 1. The van der Waals surface area contributed by atoms with Crippen molar-refractivity contribution in [3.05, 3.63) is 11.5 Å². The average Bonchev–Trinajstić information content (AvgIpc) is 1.85. The molecule has 0 bridgehead atoms. The Bertz CT molecular complexity index is 229. The van der Waals surface area contributed by atoms with Crippen molar-refractivity contribution in [3.8, 4) is 17.9 Å². The molecule has 0 aliphatic carbocycles. The van der Waals surface area contributed by atoms with E-state index in [2.05, 4.69) is 32.6 Å². The smallest absolute Gasteiger partial charge is 0.152 e. The van der Waals surface area contributed by atoms with Gasteiger partial charge in [0.1, 0.15) is 0 Å². The van der Waals surface area contributed by atoms with Gasteiger partial charge in [-0.2, -0.15) is 5.26 Å². The van der Waals surface area contributed by atoms with Crippen molar-refractivity contribution in [2.24, 2.45) is 0 Å². The van der Waals surface area contributed by atoms with Gasteiger partial charge in [-0.3, -0.25) is 0 Å². The lowest BCUT2D eigenvalue weighted by molar-refractivity contribution is 0.808. The van der Waals surface area contributed by atoms with E-state index in [1.165, 1.54) is 0 Å². The van der Waals surface area contributed by atoms with Gasteiger partial charge in [0.15, 0.2) is 6.07 Å². The molecule has 0 spiro atoms. The predicted molar refractivity (Wildman–Crippen MR) is 49.9 cm³/mol. The average molecular weight is 165 g/mol. The van der Waals surface area contributed by atoms with Crippen molar-refractivity contribution in [3.63, 3.8) is 0 Å². The molecule has 0 aromatic rings. The summed E-state index contributed by atoms with van der Waals surface area (Å²) in [7, 11) is 0. The summed E-state index contributed by atoms with van der Waals surface area (Å²) in [5, 5.41) is 9.97. The van der Waals surface area contributed by atoms with Gasteiger partial charge in [0.05, 0.1) is 0 Å². The van der Waals surface area contributed by atoms with Crippen molar-refractivity contribution >= 4 is 11.8 Å². The highest BCUT2D eigenvalue weighted by Crippen LogP contribution is 2.23. The first-order valence-corrected chi connectivity index (χ1v) is 4.17. The minimum atomic E-state index is 0.227. The summed E-state index contributed by atoms with van der Waals surface area (Å²) in [6, 6.07) is 1.74. The van der Waals surface area contributed by atoms with Crippen molar-refractivity contribution < 1.29 is 0 Å². The van der Waals surface area contributed by atoms with E-state index in [9.17, 15) is 0 Å². The number of allylic oxidation sites excluding steroid dienone is 1. The molecule has 0 radical (unpaired) electrons. The van der Waals surface area contributed by atoms with Crippen LogP contribution in [0.3, 0.4) is 0 Å². The molecule has 0 aliphatic heterocycles. The van der Waals surface area contributed by atoms with E-state index in [1.54, 1.807) is 23.9 Å². The third-order valence-electron chi connectivity index (χ3n) is 0.701. The molecule has 0 unspecified atom stereocenters. The molecule has 0 heterocycles. The first-order chi connectivity index (χ1) is 5.06. The molecule has 0 amide bonds. The fraction of sp³-hybridized carbons (Fsp3) is 0.444. The van der Waals surface area contributed by atoms with Gasteiger partial charge in [0.2, 0.25) is 0 Å². The van der Waals surface area contributed by atoms with Crippen molar-refractivity contribution in [2.75, 3.05) is 0 Å². The van der Waals surface area contributed by atoms with Crippen LogP contribution in [0.4, 0.5) is 0 Å². The Labute approximate surface area is 72.5 Å². The van der Waals surface area contributed by atoms with Crippen LogP contribution >= 0.6 is 11.8 Å². The third kappa shape index (κ3) is 9.14. The normalized spacial score (nSPS) is 10.4. The lowest BCUT2D eigenvalue weighted by atomic mass is 10.3. The Morgan fingerprint density at radius 3 is 2.45 bits per heavy atom. The van der Waals surface area contributed by atoms with Crippen molar-refractivity contribution in [2.45, 2.75) is 25.5 Å². The van der Waals surface area contributed by atoms with Crippen LogP contribution in [0.2, 0.25) is 0 Å². The van der Waals surface area contributed by atoms with Gasteiger partial charge in [-0.1, -0.05) is 26.7 Å². The number of rotatable bonds is 1. The Hall–Kier alpha value is -0.860. The highest BCUT2D eigenvalue weighted by atomic mass is 32.2. The van der Waals surface area contributed by atoms with E-state index in [-0.39, 0.29) is 4.75 Å². The van der Waals surface area contributed by atoms with Gasteiger partial charge in [0.25, 0.3) is 0 Å². The van der Waals surface area contributed by atoms with Gasteiger partial charge in [-0.15, -0.1) is 11.8 Å². The molecule has 0 rings (SSSR count). The summed E-state index contributed by atoms with van der Waals surface area (Å²) >= 11 is 1.69. The summed E-state index contributed by atoms with van der Waals surface area (Å²) in [6.45, 7) is 6.37. The van der Waals surface area contributed by atoms with Gasteiger partial charge in [-0.05, 0) is 11.5 Å². The first-order valence-electron chi connectivity index (χ1n) is 3.29. The highest BCUT2D eigenvalue weighted by molar-refractivity contribution is 8.03. The van der Waals surface area contributed by atoms with Gasteiger partial charge >= 0.3 is 0 Å². The quantitative estimate of drug-likeness (QED) is 0.557. The summed E-state index contributed by atoms with van der Waals surface area (Å²) in [6.07, 6.45) is 1.69. The summed E-state index contributed by atoms with van der Waals surface area (Å²) < 4.78 is 0.227. The zero-order valence-electron chi connectivity index (χ0n) is 7.01. The second-order valence-corrected chi connectivity index (χ2v) is 4.65. The molecular weight excluding hydrogens is 154 g/mol. The minimum Gasteiger partial charge on any atom is -0.183 e. The number of thioether (sulfide) groups is 1. The first kappa shape index (κ1) is 10.1. The van der Waals surface area contributed by atoms with Crippen LogP contribution in [0, 0.1) is 23.2 Å². The molecule has 0 aromatic carbocycles. The maximum absolute atomic E-state index is 8.06. The van der Waals surface area contributed by atoms with Crippen molar-refractivity contribution in [1.29, 1.82) is 5.26 Å². The molecule has 11 heavy (non-hydrogen) atoms. The Morgan fingerprint density at radius 2 is 2.00 bits per heavy atom. The standard InChI is InChI=1S/C9H11NS/c1-9(2,3)11-8-6-4-5-7-10/h6,8H,1-3H3/b8-6+. The van der Waals surface area contributed by atoms with E-state index in [1.807, 2.05) is 5.41 Å². The molecule has 2 heteroatoms. The molecule has 0 atom stereocenters. The Morgan fingerprint density at radius 1 is 1.36 bits per heavy atom. The molecule has 0 aromatic heterocycles. The molecule has 0 saturated carbocycles. The van der Waals surface area contributed by atoms with Crippen LogP contribution in [0.5, 0.6) is 0 Å². The van der Waals surface area contributed by atoms with E-state index in [0.717, 1.165) is 0 Å². The zero-order valence-corrected chi connectivity index (χ0v) is 7.83. The van der Waals surface area contributed by atoms with Gasteiger partial charge < -0.3 is 0 Å². The van der Waals surface area contributed by atoms with Crippen LogP contribution in [0.25, 0.3) is 0 Å². The van der Waals surface area contributed by atoms with E-state index in [0.29, 0.717) is 0 Å². The molecule has 1 nitrogen and oxygen atoms in total. The van der Waals surface area contributed by atoms with E-state index in [4.69, 9.17) is 5.26 Å². The van der Waals surface area contributed by atoms with Crippen LogP contribution < -0.4 is 0 Å². The Balaban J connectivity index is 3.73. The lowest BCUT2D eigenvalue weighted by Gasteiger charge is -2.13. The number of hydrogen-bond acceptors (Lipinski definition) is 2. The zero-order chi connectivity index (χ0) is 8.74. The van der Waals surface area contributed by atoms with Crippen LogP contribution in [0.1, 0.15) is 20.8 Å². The monoisotopic (exact) mass is 165 g/mol. The SMILES string of the molecule is CC(C)(C)S/C=C/C#CC#N. The molecule has 58 valence electrons. The second-order valence-electron chi connectivity index (χ2n) is 2.91. The molecule has 0 saturated heterocycles. The highest BCUT2D eigenvalue weighted by Gasteiger charge is 2.06. The second kappa shape index (κ2) is 4.88. The molecule has 0 aliphatic rings. The van der Waals surface area contributed by atoms with Crippen molar-refractivity contribution in [1.82, 2.24) is 0 Å².